The number of benzene rings is 1. The highest BCUT2D eigenvalue weighted by molar-refractivity contribution is 5.95. The maximum atomic E-state index is 11.7. The van der Waals surface area contributed by atoms with Crippen LogP contribution < -0.4 is 15.0 Å². The highest BCUT2D eigenvalue weighted by Gasteiger charge is 2.16. The van der Waals surface area contributed by atoms with Gasteiger partial charge in [0.15, 0.2) is 0 Å². The van der Waals surface area contributed by atoms with Crippen molar-refractivity contribution in [2.75, 3.05) is 6.61 Å². The summed E-state index contributed by atoms with van der Waals surface area (Å²) in [7, 11) is 0. The number of amides is 1. The van der Waals surface area contributed by atoms with Gasteiger partial charge in [-0.05, 0) is 19.1 Å². The number of carbonyl (C=O) groups is 1. The fraction of sp³-hybridized carbons (Fsp3) is 0.231. The van der Waals surface area contributed by atoms with Crippen LogP contribution in [0.2, 0.25) is 0 Å². The third kappa shape index (κ3) is 3.42. The van der Waals surface area contributed by atoms with Gasteiger partial charge in [0.05, 0.1) is 18.4 Å². The van der Waals surface area contributed by atoms with E-state index in [2.05, 4.69) is 5.10 Å². The van der Waals surface area contributed by atoms with E-state index in [1.54, 1.807) is 17.6 Å². The largest absolute Gasteiger partial charge is 0.493 e. The molecule has 0 saturated heterocycles. The molecule has 0 bridgehead atoms. The van der Waals surface area contributed by atoms with E-state index >= 15 is 0 Å². The average molecular weight is 293 g/mol. The van der Waals surface area contributed by atoms with E-state index in [0.29, 0.717) is 22.8 Å². The summed E-state index contributed by atoms with van der Waals surface area (Å²) >= 11 is 0. The van der Waals surface area contributed by atoms with Gasteiger partial charge in [0.25, 0.3) is 5.91 Å². The molecule has 0 radical (unpaired) electrons. The first kappa shape index (κ1) is 14.7. The number of nitrogens with zero attached hydrogens (tertiary/aromatic N) is 2. The number of hydrogen-bond donors (Lipinski definition) is 3. The van der Waals surface area contributed by atoms with E-state index in [1.165, 1.54) is 18.3 Å². The SMILES string of the molecule is CCOc1cccc(C(=O)NO)c1COc1ccn(O)n1. The molecule has 0 aliphatic heterocycles. The van der Waals surface area contributed by atoms with Crippen molar-refractivity contribution >= 4 is 5.91 Å². The second-order valence-electron chi connectivity index (χ2n) is 4.02. The van der Waals surface area contributed by atoms with Crippen LogP contribution >= 0.6 is 0 Å². The van der Waals surface area contributed by atoms with Crippen LogP contribution in [-0.4, -0.2) is 32.9 Å². The summed E-state index contributed by atoms with van der Waals surface area (Å²) in [5.74, 6) is 0.00373. The van der Waals surface area contributed by atoms with Crippen LogP contribution in [0.3, 0.4) is 0 Å². The molecule has 112 valence electrons. The van der Waals surface area contributed by atoms with Crippen LogP contribution in [0, 0.1) is 0 Å². The molecule has 1 aromatic heterocycles. The fourth-order valence-electron chi connectivity index (χ4n) is 1.80. The Kier molecular flexibility index (Phi) is 4.62. The summed E-state index contributed by atoms with van der Waals surface area (Å²) in [5, 5.41) is 21.5. The minimum absolute atomic E-state index is 0.00403. The zero-order valence-corrected chi connectivity index (χ0v) is 11.3. The Morgan fingerprint density at radius 1 is 1.38 bits per heavy atom. The van der Waals surface area contributed by atoms with Crippen LogP contribution in [0.5, 0.6) is 11.6 Å². The molecule has 8 heteroatoms. The summed E-state index contributed by atoms with van der Waals surface area (Å²) < 4.78 is 10.9. The van der Waals surface area contributed by atoms with E-state index < -0.39 is 5.91 Å². The van der Waals surface area contributed by atoms with Gasteiger partial charge in [-0.1, -0.05) is 11.2 Å². The Morgan fingerprint density at radius 3 is 2.81 bits per heavy atom. The van der Waals surface area contributed by atoms with Gasteiger partial charge in [0.2, 0.25) is 5.88 Å². The number of hydrogen-bond acceptors (Lipinski definition) is 6. The van der Waals surface area contributed by atoms with Crippen molar-refractivity contribution in [3.05, 3.63) is 41.6 Å². The minimum atomic E-state index is -0.664. The molecule has 0 aliphatic carbocycles. The lowest BCUT2D eigenvalue weighted by atomic mass is 10.1. The third-order valence-corrected chi connectivity index (χ3v) is 2.69. The average Bonchev–Trinajstić information content (AvgIpc) is 2.91. The molecule has 0 spiro atoms. The molecule has 0 unspecified atom stereocenters. The van der Waals surface area contributed by atoms with Crippen LogP contribution in [0.15, 0.2) is 30.5 Å². The smallest absolute Gasteiger partial charge is 0.275 e. The molecule has 0 aliphatic rings. The number of carbonyl (C=O) groups excluding carboxylic acids is 1. The van der Waals surface area contributed by atoms with Gasteiger partial charge < -0.3 is 14.7 Å². The van der Waals surface area contributed by atoms with Crippen LogP contribution in [0.1, 0.15) is 22.8 Å². The number of ether oxygens (including phenoxy) is 2. The Bertz CT molecular complexity index is 626. The topological polar surface area (TPSA) is 106 Å². The van der Waals surface area contributed by atoms with E-state index in [1.807, 2.05) is 6.92 Å². The standard InChI is InChI=1S/C13H15N3O5/c1-2-20-11-5-3-4-9(13(17)15-18)10(11)8-21-12-6-7-16(19)14-12/h3-7,18-19H,2,8H2,1H3,(H,15,17). The first-order chi connectivity index (χ1) is 10.2. The van der Waals surface area contributed by atoms with E-state index in [-0.39, 0.29) is 18.1 Å². The zero-order valence-electron chi connectivity index (χ0n) is 11.3. The van der Waals surface area contributed by atoms with E-state index in [4.69, 9.17) is 19.9 Å². The highest BCUT2D eigenvalue weighted by atomic mass is 16.5. The lowest BCUT2D eigenvalue weighted by Crippen LogP contribution is -2.21. The molecule has 0 fully saturated rings. The number of hydroxylamine groups is 1. The molecule has 2 rings (SSSR count). The van der Waals surface area contributed by atoms with Gasteiger partial charge in [0, 0.05) is 11.6 Å². The van der Waals surface area contributed by atoms with Gasteiger partial charge in [-0.2, -0.15) is 0 Å². The normalized spacial score (nSPS) is 10.2. The summed E-state index contributed by atoms with van der Waals surface area (Å²) in [6.07, 6.45) is 1.31. The Hall–Kier alpha value is -2.74. The van der Waals surface area contributed by atoms with Crippen LogP contribution in [0.4, 0.5) is 0 Å². The van der Waals surface area contributed by atoms with E-state index in [0.717, 1.165) is 0 Å². The predicted octanol–water partition coefficient (Wildman–Crippen LogP) is 1.22. The molecule has 1 aromatic carbocycles. The minimum Gasteiger partial charge on any atom is -0.493 e. The van der Waals surface area contributed by atoms with Crippen molar-refractivity contribution in [1.82, 2.24) is 15.4 Å². The molecule has 1 amide bonds. The fourth-order valence-corrected chi connectivity index (χ4v) is 1.80. The molecule has 21 heavy (non-hydrogen) atoms. The second kappa shape index (κ2) is 6.62. The third-order valence-electron chi connectivity index (χ3n) is 2.69. The quantitative estimate of drug-likeness (QED) is 0.420. The highest BCUT2D eigenvalue weighted by Crippen LogP contribution is 2.24. The van der Waals surface area contributed by atoms with Crippen molar-refractivity contribution < 1.29 is 24.7 Å². The van der Waals surface area contributed by atoms with Crippen molar-refractivity contribution in [2.24, 2.45) is 0 Å². The maximum absolute atomic E-state index is 11.7. The van der Waals surface area contributed by atoms with E-state index in [9.17, 15) is 4.79 Å². The summed E-state index contributed by atoms with van der Waals surface area (Å²) in [6.45, 7) is 2.23. The maximum Gasteiger partial charge on any atom is 0.275 e. The first-order valence-electron chi connectivity index (χ1n) is 6.22. The Labute approximate surface area is 120 Å². The van der Waals surface area contributed by atoms with Crippen LogP contribution in [0.25, 0.3) is 0 Å². The molecular weight excluding hydrogens is 278 g/mol. The first-order valence-corrected chi connectivity index (χ1v) is 6.22. The van der Waals surface area contributed by atoms with Gasteiger partial charge in [-0.3, -0.25) is 10.0 Å². The summed E-state index contributed by atoms with van der Waals surface area (Å²) in [5.41, 5.74) is 2.28. The lowest BCUT2D eigenvalue weighted by Gasteiger charge is -2.13. The zero-order chi connectivity index (χ0) is 15.2. The Balaban J connectivity index is 2.27. The van der Waals surface area contributed by atoms with Crippen molar-refractivity contribution in [3.63, 3.8) is 0 Å². The molecule has 2 aromatic rings. The summed E-state index contributed by atoms with van der Waals surface area (Å²) in [6, 6.07) is 6.34. The van der Waals surface area contributed by atoms with Gasteiger partial charge >= 0.3 is 0 Å². The molecule has 8 nitrogen and oxygen atoms in total. The number of aromatic nitrogens is 2. The monoisotopic (exact) mass is 293 g/mol. The molecule has 0 saturated carbocycles. The van der Waals surface area contributed by atoms with Gasteiger partial charge in [-0.25, -0.2) is 5.48 Å². The molecule has 1 heterocycles. The van der Waals surface area contributed by atoms with Crippen molar-refractivity contribution in [3.8, 4) is 11.6 Å². The van der Waals surface area contributed by atoms with Crippen molar-refractivity contribution in [2.45, 2.75) is 13.5 Å². The van der Waals surface area contributed by atoms with Gasteiger partial charge in [0.1, 0.15) is 12.4 Å². The Morgan fingerprint density at radius 2 is 2.19 bits per heavy atom. The molecule has 3 N–H and O–H groups in total. The lowest BCUT2D eigenvalue weighted by molar-refractivity contribution is 0.0702. The predicted molar refractivity (Wildman–Crippen MR) is 70.6 cm³/mol. The summed E-state index contributed by atoms with van der Waals surface area (Å²) in [4.78, 5) is 12.3. The molecular formula is C13H15N3O5. The number of rotatable bonds is 6. The second-order valence-corrected chi connectivity index (χ2v) is 4.02. The molecule has 0 atom stereocenters. The van der Waals surface area contributed by atoms with Crippen LogP contribution in [-0.2, 0) is 6.61 Å². The number of nitrogens with one attached hydrogen (secondary N) is 1. The van der Waals surface area contributed by atoms with Crippen molar-refractivity contribution in [1.29, 1.82) is 0 Å². The van der Waals surface area contributed by atoms with Gasteiger partial charge in [-0.15, -0.1) is 4.85 Å².